The van der Waals surface area contributed by atoms with Gasteiger partial charge in [0.1, 0.15) is 12.2 Å². The summed E-state index contributed by atoms with van der Waals surface area (Å²) >= 11 is 0. The molecule has 0 unspecified atom stereocenters. The molecule has 0 aliphatic rings. The molecule has 0 radical (unpaired) electrons. The van der Waals surface area contributed by atoms with Crippen LogP contribution in [0.1, 0.15) is 42.5 Å². The lowest BCUT2D eigenvalue weighted by Gasteiger charge is -2.16. The van der Waals surface area contributed by atoms with Gasteiger partial charge in [0.15, 0.2) is 5.82 Å². The maximum Gasteiger partial charge on any atom is 0.255 e. The molecule has 25 heavy (non-hydrogen) atoms. The van der Waals surface area contributed by atoms with Crippen molar-refractivity contribution in [1.29, 1.82) is 0 Å². The number of nitrogens with zero attached hydrogens (tertiary/aromatic N) is 6. The molecule has 3 rings (SSSR count). The lowest BCUT2D eigenvalue weighted by atomic mass is 10.2. The summed E-state index contributed by atoms with van der Waals surface area (Å²) in [6.07, 6.45) is 8.61. The van der Waals surface area contributed by atoms with Crippen molar-refractivity contribution >= 4 is 5.91 Å². The van der Waals surface area contributed by atoms with Gasteiger partial charge >= 0.3 is 0 Å². The van der Waals surface area contributed by atoms with E-state index in [0.717, 1.165) is 11.4 Å². The quantitative estimate of drug-likeness (QED) is 0.739. The number of amides is 1. The van der Waals surface area contributed by atoms with Crippen LogP contribution in [0, 0.1) is 0 Å². The first-order valence-corrected chi connectivity index (χ1v) is 8.14. The van der Waals surface area contributed by atoms with Crippen LogP contribution in [0.2, 0.25) is 0 Å². The molecule has 8 heteroatoms. The first kappa shape index (κ1) is 16.7. The third-order valence-electron chi connectivity index (χ3n) is 3.82. The highest BCUT2D eigenvalue weighted by Gasteiger charge is 2.19. The summed E-state index contributed by atoms with van der Waals surface area (Å²) in [4.78, 5) is 29.3. The van der Waals surface area contributed by atoms with Gasteiger partial charge < -0.3 is 5.32 Å². The van der Waals surface area contributed by atoms with Gasteiger partial charge in [-0.15, -0.1) is 0 Å². The summed E-state index contributed by atoms with van der Waals surface area (Å²) in [6.45, 7) is 4.67. The van der Waals surface area contributed by atoms with Crippen LogP contribution in [-0.4, -0.2) is 35.6 Å². The summed E-state index contributed by atoms with van der Waals surface area (Å²) < 4.78 is 1.78. The highest BCUT2D eigenvalue weighted by atomic mass is 16.1. The van der Waals surface area contributed by atoms with E-state index in [-0.39, 0.29) is 11.9 Å². The second kappa shape index (κ2) is 7.61. The number of aromatic nitrogens is 6. The zero-order valence-electron chi connectivity index (χ0n) is 14.1. The van der Waals surface area contributed by atoms with Crippen LogP contribution in [0.5, 0.6) is 0 Å². The molecule has 1 N–H and O–H groups in total. The van der Waals surface area contributed by atoms with Crippen LogP contribution in [-0.2, 0) is 6.54 Å². The van der Waals surface area contributed by atoms with Crippen molar-refractivity contribution in [1.82, 2.24) is 35.0 Å². The summed E-state index contributed by atoms with van der Waals surface area (Å²) in [7, 11) is 0. The van der Waals surface area contributed by atoms with Crippen molar-refractivity contribution < 1.29 is 4.79 Å². The molecule has 0 fully saturated rings. The Morgan fingerprint density at radius 1 is 1.16 bits per heavy atom. The molecule has 3 aromatic heterocycles. The van der Waals surface area contributed by atoms with Crippen molar-refractivity contribution in [3.8, 4) is 11.4 Å². The average Bonchev–Trinajstić information content (AvgIpc) is 3.15. The molecule has 3 aromatic rings. The molecule has 0 aliphatic carbocycles. The molecule has 0 saturated carbocycles. The van der Waals surface area contributed by atoms with Gasteiger partial charge in [0.25, 0.3) is 5.91 Å². The van der Waals surface area contributed by atoms with E-state index in [2.05, 4.69) is 30.4 Å². The first-order chi connectivity index (χ1) is 12.2. The summed E-state index contributed by atoms with van der Waals surface area (Å²) in [5.74, 6) is 1.06. The van der Waals surface area contributed by atoms with E-state index in [9.17, 15) is 4.79 Å². The van der Waals surface area contributed by atoms with E-state index in [1.54, 1.807) is 17.1 Å². The molecule has 1 amide bonds. The van der Waals surface area contributed by atoms with E-state index in [1.807, 2.05) is 26.0 Å². The molecule has 0 aromatic carbocycles. The lowest BCUT2D eigenvalue weighted by Crippen LogP contribution is -2.30. The molecule has 0 saturated heterocycles. The van der Waals surface area contributed by atoms with Crippen molar-refractivity contribution in [2.24, 2.45) is 0 Å². The Bertz CT molecular complexity index is 830. The van der Waals surface area contributed by atoms with E-state index >= 15 is 0 Å². The van der Waals surface area contributed by atoms with Crippen LogP contribution in [0.25, 0.3) is 11.4 Å². The Hall–Kier alpha value is -3.16. The molecule has 128 valence electrons. The van der Waals surface area contributed by atoms with Gasteiger partial charge in [0, 0.05) is 36.9 Å². The number of rotatable bonds is 6. The normalized spacial score (nSPS) is 11.9. The maximum absolute atomic E-state index is 12.5. The number of nitrogens with one attached hydrogen (secondary N) is 1. The number of carbonyl (C=O) groups is 1. The highest BCUT2D eigenvalue weighted by Crippen LogP contribution is 2.16. The zero-order valence-corrected chi connectivity index (χ0v) is 14.1. The van der Waals surface area contributed by atoms with E-state index < -0.39 is 0 Å². The van der Waals surface area contributed by atoms with Gasteiger partial charge in [-0.1, -0.05) is 6.92 Å². The standard InChI is InChI=1S/C17H19N7O/c1-3-14(16-21-11-22-24(16)4-2)23-17(25)13-9-19-15(20-10-13)12-5-7-18-8-6-12/h5-11,14H,3-4H2,1-2H3,(H,23,25)/t14-/m0/s1. The monoisotopic (exact) mass is 337 g/mol. The molecule has 3 heterocycles. The fourth-order valence-corrected chi connectivity index (χ4v) is 2.47. The van der Waals surface area contributed by atoms with Crippen LogP contribution in [0.4, 0.5) is 0 Å². The van der Waals surface area contributed by atoms with Crippen molar-refractivity contribution in [3.63, 3.8) is 0 Å². The summed E-state index contributed by atoms with van der Waals surface area (Å²) in [5.41, 5.74) is 1.25. The number of aryl methyl sites for hydroxylation is 1. The van der Waals surface area contributed by atoms with Crippen molar-refractivity contribution in [2.75, 3.05) is 0 Å². The van der Waals surface area contributed by atoms with E-state index in [0.29, 0.717) is 24.4 Å². The minimum atomic E-state index is -0.237. The predicted molar refractivity (Wildman–Crippen MR) is 91.5 cm³/mol. The van der Waals surface area contributed by atoms with Crippen LogP contribution < -0.4 is 5.32 Å². The molecule has 0 spiro atoms. The van der Waals surface area contributed by atoms with Crippen molar-refractivity contribution in [3.05, 3.63) is 54.6 Å². The zero-order chi connectivity index (χ0) is 17.6. The molecule has 8 nitrogen and oxygen atoms in total. The van der Waals surface area contributed by atoms with Gasteiger partial charge in [-0.2, -0.15) is 5.10 Å². The SMILES string of the molecule is CC[C@H](NC(=O)c1cnc(-c2ccncc2)nc1)c1ncnn1CC. The highest BCUT2D eigenvalue weighted by molar-refractivity contribution is 5.93. The van der Waals surface area contributed by atoms with Gasteiger partial charge in [0.2, 0.25) is 0 Å². The van der Waals surface area contributed by atoms with E-state index in [4.69, 9.17) is 0 Å². The molecular weight excluding hydrogens is 318 g/mol. The number of pyridine rings is 1. The summed E-state index contributed by atoms with van der Waals surface area (Å²) in [6, 6.07) is 3.43. The smallest absolute Gasteiger partial charge is 0.255 e. The van der Waals surface area contributed by atoms with Gasteiger partial charge in [-0.05, 0) is 25.5 Å². The van der Waals surface area contributed by atoms with E-state index in [1.165, 1.54) is 18.7 Å². The largest absolute Gasteiger partial charge is 0.342 e. The minimum Gasteiger partial charge on any atom is -0.342 e. The third kappa shape index (κ3) is 3.68. The Kier molecular flexibility index (Phi) is 5.08. The van der Waals surface area contributed by atoms with Crippen LogP contribution in [0.15, 0.2) is 43.2 Å². The topological polar surface area (TPSA) is 98.5 Å². The van der Waals surface area contributed by atoms with Crippen molar-refractivity contribution in [2.45, 2.75) is 32.9 Å². The molecular formula is C17H19N7O. The number of hydrogen-bond donors (Lipinski definition) is 1. The lowest BCUT2D eigenvalue weighted by molar-refractivity contribution is 0.0932. The van der Waals surface area contributed by atoms with Gasteiger partial charge in [0.05, 0.1) is 11.6 Å². The Morgan fingerprint density at radius 2 is 1.88 bits per heavy atom. The number of carbonyl (C=O) groups excluding carboxylic acids is 1. The minimum absolute atomic E-state index is 0.213. The fraction of sp³-hybridized carbons (Fsp3) is 0.294. The molecule has 1 atom stereocenters. The Balaban J connectivity index is 1.74. The molecule has 0 bridgehead atoms. The van der Waals surface area contributed by atoms with Gasteiger partial charge in [-0.25, -0.2) is 19.6 Å². The van der Waals surface area contributed by atoms with Crippen LogP contribution >= 0.6 is 0 Å². The Morgan fingerprint density at radius 3 is 2.52 bits per heavy atom. The number of hydrogen-bond acceptors (Lipinski definition) is 6. The third-order valence-corrected chi connectivity index (χ3v) is 3.82. The second-order valence-corrected chi connectivity index (χ2v) is 5.40. The fourth-order valence-electron chi connectivity index (χ4n) is 2.47. The average molecular weight is 337 g/mol. The summed E-state index contributed by atoms with van der Waals surface area (Å²) in [5, 5.41) is 7.12. The molecule has 0 aliphatic heterocycles. The maximum atomic E-state index is 12.5. The van der Waals surface area contributed by atoms with Crippen LogP contribution in [0.3, 0.4) is 0 Å². The Labute approximate surface area is 145 Å². The first-order valence-electron chi connectivity index (χ1n) is 8.14. The second-order valence-electron chi connectivity index (χ2n) is 5.40. The van der Waals surface area contributed by atoms with Gasteiger partial charge in [-0.3, -0.25) is 9.78 Å². The predicted octanol–water partition coefficient (Wildman–Crippen LogP) is 2.03.